The third-order valence-electron chi connectivity index (χ3n) is 3.10. The average Bonchev–Trinajstić information content (AvgIpc) is 2.77. The first-order chi connectivity index (χ1) is 9.04. The molecule has 0 aliphatic rings. The van der Waals surface area contributed by atoms with Crippen LogP contribution >= 0.6 is 0 Å². The van der Waals surface area contributed by atoms with Crippen LogP contribution in [0, 0.1) is 12.7 Å². The lowest BCUT2D eigenvalue weighted by atomic mass is 10.1. The van der Waals surface area contributed by atoms with Crippen LogP contribution in [0.3, 0.4) is 0 Å². The number of aromatic carboxylic acids is 1. The van der Waals surface area contributed by atoms with E-state index in [4.69, 9.17) is 0 Å². The van der Waals surface area contributed by atoms with E-state index in [9.17, 15) is 14.3 Å². The normalized spacial score (nSPS) is 10.7. The summed E-state index contributed by atoms with van der Waals surface area (Å²) in [5, 5.41) is 9.17. The Bertz CT molecular complexity index is 617. The molecule has 0 aliphatic carbocycles. The van der Waals surface area contributed by atoms with Gasteiger partial charge in [0.05, 0.1) is 0 Å². The lowest BCUT2D eigenvalue weighted by Crippen LogP contribution is -2.09. The molecule has 0 amide bonds. The molecule has 0 unspecified atom stereocenters. The van der Waals surface area contributed by atoms with E-state index in [0.29, 0.717) is 12.1 Å². The Labute approximate surface area is 111 Å². The van der Waals surface area contributed by atoms with E-state index in [2.05, 4.69) is 0 Å². The van der Waals surface area contributed by atoms with Gasteiger partial charge in [-0.3, -0.25) is 0 Å². The molecule has 1 N–H and O–H groups in total. The lowest BCUT2D eigenvalue weighted by molar-refractivity contribution is 0.0685. The van der Waals surface area contributed by atoms with E-state index in [-0.39, 0.29) is 11.5 Å². The SMILES string of the molecule is CCCn1c(C(=O)O)ccc1-c1ccc(F)c(C)c1. The van der Waals surface area contributed by atoms with Gasteiger partial charge in [-0.05, 0) is 54.8 Å². The van der Waals surface area contributed by atoms with Crippen LogP contribution in [0.1, 0.15) is 29.4 Å². The lowest BCUT2D eigenvalue weighted by Gasteiger charge is -2.11. The third kappa shape index (κ3) is 2.52. The van der Waals surface area contributed by atoms with Crippen molar-refractivity contribution in [1.82, 2.24) is 4.57 Å². The van der Waals surface area contributed by atoms with Gasteiger partial charge in [0.1, 0.15) is 11.5 Å². The Morgan fingerprint density at radius 3 is 2.63 bits per heavy atom. The number of aromatic nitrogens is 1. The van der Waals surface area contributed by atoms with Crippen LogP contribution in [0.5, 0.6) is 0 Å². The van der Waals surface area contributed by atoms with Gasteiger partial charge in [0.2, 0.25) is 0 Å². The maximum atomic E-state index is 13.3. The molecule has 100 valence electrons. The summed E-state index contributed by atoms with van der Waals surface area (Å²) in [7, 11) is 0. The molecule has 0 fully saturated rings. The average molecular weight is 261 g/mol. The molecule has 1 heterocycles. The van der Waals surface area contributed by atoms with Crippen molar-refractivity contribution < 1.29 is 14.3 Å². The molecular weight excluding hydrogens is 245 g/mol. The molecule has 0 spiro atoms. The second-order valence-electron chi connectivity index (χ2n) is 4.52. The van der Waals surface area contributed by atoms with E-state index in [1.165, 1.54) is 6.07 Å². The molecule has 4 heteroatoms. The zero-order valence-electron chi connectivity index (χ0n) is 11.0. The van der Waals surface area contributed by atoms with Crippen LogP contribution in [-0.2, 0) is 6.54 Å². The van der Waals surface area contributed by atoms with Crippen LogP contribution in [0.2, 0.25) is 0 Å². The molecule has 2 aromatic rings. The van der Waals surface area contributed by atoms with E-state index < -0.39 is 5.97 Å². The topological polar surface area (TPSA) is 42.2 Å². The highest BCUT2D eigenvalue weighted by Crippen LogP contribution is 2.25. The maximum absolute atomic E-state index is 13.3. The highest BCUT2D eigenvalue weighted by atomic mass is 19.1. The van der Waals surface area contributed by atoms with Crippen molar-refractivity contribution >= 4 is 5.97 Å². The van der Waals surface area contributed by atoms with Crippen LogP contribution in [0.25, 0.3) is 11.3 Å². The zero-order valence-corrected chi connectivity index (χ0v) is 11.0. The fourth-order valence-electron chi connectivity index (χ4n) is 2.17. The first-order valence-corrected chi connectivity index (χ1v) is 6.24. The van der Waals surface area contributed by atoms with Crippen LogP contribution in [-0.4, -0.2) is 15.6 Å². The Morgan fingerprint density at radius 2 is 2.05 bits per heavy atom. The van der Waals surface area contributed by atoms with E-state index in [1.807, 2.05) is 6.92 Å². The summed E-state index contributed by atoms with van der Waals surface area (Å²) in [6.07, 6.45) is 0.835. The van der Waals surface area contributed by atoms with Crippen molar-refractivity contribution in [3.63, 3.8) is 0 Å². The molecule has 0 atom stereocenters. The standard InChI is InChI=1S/C15H16FNO2/c1-3-8-17-13(6-7-14(17)15(18)19)11-4-5-12(16)10(2)9-11/h4-7,9H,3,8H2,1-2H3,(H,18,19). The van der Waals surface area contributed by atoms with Gasteiger partial charge in [-0.1, -0.05) is 6.92 Å². The summed E-state index contributed by atoms with van der Waals surface area (Å²) in [5.74, 6) is -1.20. The summed E-state index contributed by atoms with van der Waals surface area (Å²) < 4.78 is 15.1. The molecular formula is C15H16FNO2. The van der Waals surface area contributed by atoms with E-state index >= 15 is 0 Å². The minimum Gasteiger partial charge on any atom is -0.477 e. The summed E-state index contributed by atoms with van der Waals surface area (Å²) in [6.45, 7) is 4.32. The van der Waals surface area contributed by atoms with Gasteiger partial charge in [-0.25, -0.2) is 9.18 Å². The Morgan fingerprint density at radius 1 is 1.32 bits per heavy atom. The quantitative estimate of drug-likeness (QED) is 0.911. The number of benzene rings is 1. The number of hydrogen-bond donors (Lipinski definition) is 1. The summed E-state index contributed by atoms with van der Waals surface area (Å²) in [6, 6.07) is 8.18. The monoisotopic (exact) mass is 261 g/mol. The number of halogens is 1. The molecule has 0 bridgehead atoms. The van der Waals surface area contributed by atoms with E-state index in [0.717, 1.165) is 17.7 Å². The van der Waals surface area contributed by atoms with Gasteiger partial charge in [0.15, 0.2) is 0 Å². The molecule has 1 aromatic heterocycles. The highest BCUT2D eigenvalue weighted by molar-refractivity contribution is 5.87. The van der Waals surface area contributed by atoms with Crippen LogP contribution in [0.15, 0.2) is 30.3 Å². The predicted molar refractivity (Wildman–Crippen MR) is 71.8 cm³/mol. The Hall–Kier alpha value is -2.10. The largest absolute Gasteiger partial charge is 0.477 e. The van der Waals surface area contributed by atoms with Crippen molar-refractivity contribution in [2.75, 3.05) is 0 Å². The van der Waals surface area contributed by atoms with Crippen LogP contribution < -0.4 is 0 Å². The first kappa shape index (κ1) is 13.3. The molecule has 3 nitrogen and oxygen atoms in total. The second-order valence-corrected chi connectivity index (χ2v) is 4.52. The van der Waals surface area contributed by atoms with Gasteiger partial charge < -0.3 is 9.67 Å². The molecule has 0 saturated heterocycles. The number of carboxylic acids is 1. The van der Waals surface area contributed by atoms with Crippen molar-refractivity contribution in [3.05, 3.63) is 47.4 Å². The summed E-state index contributed by atoms with van der Waals surface area (Å²) in [4.78, 5) is 11.2. The smallest absolute Gasteiger partial charge is 0.352 e. The molecule has 1 aromatic carbocycles. The fourth-order valence-corrected chi connectivity index (χ4v) is 2.17. The number of aryl methyl sites for hydroxylation is 1. The van der Waals surface area contributed by atoms with Gasteiger partial charge in [0.25, 0.3) is 0 Å². The fraction of sp³-hybridized carbons (Fsp3) is 0.267. The molecule has 2 rings (SSSR count). The second kappa shape index (κ2) is 5.26. The molecule has 19 heavy (non-hydrogen) atoms. The Balaban J connectivity index is 2.55. The minimum absolute atomic E-state index is 0.254. The maximum Gasteiger partial charge on any atom is 0.352 e. The number of rotatable bonds is 4. The molecule has 0 saturated carbocycles. The zero-order chi connectivity index (χ0) is 14.0. The molecule has 0 aliphatic heterocycles. The van der Waals surface area contributed by atoms with Gasteiger partial charge in [0, 0.05) is 12.2 Å². The first-order valence-electron chi connectivity index (χ1n) is 6.24. The number of carbonyl (C=O) groups is 1. The van der Waals surface area contributed by atoms with Crippen molar-refractivity contribution in [3.8, 4) is 11.3 Å². The molecule has 0 radical (unpaired) electrons. The van der Waals surface area contributed by atoms with Crippen LogP contribution in [0.4, 0.5) is 4.39 Å². The van der Waals surface area contributed by atoms with Crippen molar-refractivity contribution in [2.24, 2.45) is 0 Å². The summed E-state index contributed by atoms with van der Waals surface area (Å²) >= 11 is 0. The number of hydrogen-bond acceptors (Lipinski definition) is 1. The van der Waals surface area contributed by atoms with Crippen molar-refractivity contribution in [1.29, 1.82) is 0 Å². The summed E-state index contributed by atoms with van der Waals surface area (Å²) in [5.41, 5.74) is 2.46. The minimum atomic E-state index is -0.946. The number of carboxylic acid groups (broad SMARTS) is 1. The van der Waals surface area contributed by atoms with Crippen molar-refractivity contribution in [2.45, 2.75) is 26.8 Å². The van der Waals surface area contributed by atoms with Gasteiger partial charge in [-0.2, -0.15) is 0 Å². The third-order valence-corrected chi connectivity index (χ3v) is 3.10. The van der Waals surface area contributed by atoms with Gasteiger partial charge in [-0.15, -0.1) is 0 Å². The highest BCUT2D eigenvalue weighted by Gasteiger charge is 2.15. The Kier molecular flexibility index (Phi) is 3.69. The number of nitrogens with zero attached hydrogens (tertiary/aromatic N) is 1. The predicted octanol–water partition coefficient (Wildman–Crippen LogP) is 3.71. The van der Waals surface area contributed by atoms with E-state index in [1.54, 1.807) is 35.8 Å². The van der Waals surface area contributed by atoms with Gasteiger partial charge >= 0.3 is 5.97 Å².